The van der Waals surface area contributed by atoms with E-state index >= 15 is 0 Å². The van der Waals surface area contributed by atoms with Crippen LogP contribution >= 0.6 is 0 Å². The van der Waals surface area contributed by atoms with Crippen molar-refractivity contribution in [3.05, 3.63) is 28.1 Å². The normalized spacial score (nSPS) is 14.1. The van der Waals surface area contributed by atoms with Crippen LogP contribution in [0.5, 0.6) is 11.5 Å². The molecule has 2 heterocycles. The Morgan fingerprint density at radius 2 is 1.95 bits per heavy atom. The highest BCUT2D eigenvalue weighted by atomic mass is 16.5. The van der Waals surface area contributed by atoms with Crippen molar-refractivity contribution in [3.63, 3.8) is 0 Å². The molecule has 0 unspecified atom stereocenters. The molecule has 6 heteroatoms. The molecule has 6 nitrogen and oxygen atoms in total. The minimum absolute atomic E-state index is 0.0432. The summed E-state index contributed by atoms with van der Waals surface area (Å²) in [6, 6.07) is 5.53. The average molecular weight is 300 g/mol. The van der Waals surface area contributed by atoms with Gasteiger partial charge in [-0.3, -0.25) is 0 Å². The van der Waals surface area contributed by atoms with Gasteiger partial charge in [-0.25, -0.2) is 4.79 Å². The molecular formula is C16H16N2O4. The first-order valence-corrected chi connectivity index (χ1v) is 7.08. The van der Waals surface area contributed by atoms with Crippen LogP contribution in [0, 0.1) is 11.3 Å². The monoisotopic (exact) mass is 300 g/mol. The molecular weight excluding hydrogens is 284 g/mol. The lowest BCUT2D eigenvalue weighted by Gasteiger charge is -2.21. The number of fused-ring (bicyclic) bond motifs is 1. The van der Waals surface area contributed by atoms with Gasteiger partial charge in [0, 0.05) is 18.5 Å². The zero-order chi connectivity index (χ0) is 15.7. The molecule has 0 spiro atoms. The number of methoxy groups -OCH3 is 2. The van der Waals surface area contributed by atoms with E-state index in [0.717, 1.165) is 25.9 Å². The van der Waals surface area contributed by atoms with Gasteiger partial charge in [-0.05, 0) is 25.0 Å². The Bertz CT molecular complexity index is 813. The summed E-state index contributed by atoms with van der Waals surface area (Å²) in [6.45, 7) is 1.64. The van der Waals surface area contributed by atoms with Gasteiger partial charge >= 0.3 is 5.63 Å². The highest BCUT2D eigenvalue weighted by molar-refractivity contribution is 5.97. The van der Waals surface area contributed by atoms with Gasteiger partial charge in [-0.2, -0.15) is 5.26 Å². The molecule has 114 valence electrons. The van der Waals surface area contributed by atoms with Crippen LogP contribution in [0.2, 0.25) is 0 Å². The van der Waals surface area contributed by atoms with E-state index in [1.165, 1.54) is 14.2 Å². The standard InChI is InChI=1S/C16H16N2O4/c1-20-12-6-5-10-13(18-7-3-4-8-18)11(9-17)16(19)22-14(10)15(12)21-2/h5-6H,3-4,7-8H2,1-2H3. The largest absolute Gasteiger partial charge is 0.493 e. The highest BCUT2D eigenvalue weighted by Crippen LogP contribution is 2.40. The molecule has 22 heavy (non-hydrogen) atoms. The summed E-state index contributed by atoms with van der Waals surface area (Å²) in [5, 5.41) is 10.0. The molecule has 0 N–H and O–H groups in total. The number of nitrogens with zero attached hydrogens (tertiary/aromatic N) is 2. The smallest absolute Gasteiger partial charge is 0.356 e. The van der Waals surface area contributed by atoms with Crippen LogP contribution in [-0.2, 0) is 0 Å². The molecule has 0 bridgehead atoms. The molecule has 0 aliphatic carbocycles. The van der Waals surface area contributed by atoms with Crippen molar-refractivity contribution in [1.82, 2.24) is 0 Å². The maximum Gasteiger partial charge on any atom is 0.356 e. The predicted octanol–water partition coefficient (Wildman–Crippen LogP) is 2.28. The lowest BCUT2D eigenvalue weighted by molar-refractivity contribution is 0.352. The summed E-state index contributed by atoms with van der Waals surface area (Å²) in [5.74, 6) is 0.845. The Balaban J connectivity index is 2.40. The third kappa shape index (κ3) is 2.06. The maximum absolute atomic E-state index is 12.2. The first kappa shape index (κ1) is 14.3. The van der Waals surface area contributed by atoms with Gasteiger partial charge in [-0.1, -0.05) is 0 Å². The summed E-state index contributed by atoms with van der Waals surface area (Å²) in [5.41, 5.74) is 0.338. The fraction of sp³-hybridized carbons (Fsp3) is 0.375. The van der Waals surface area contributed by atoms with Crippen LogP contribution in [0.4, 0.5) is 5.69 Å². The second-order valence-corrected chi connectivity index (χ2v) is 5.10. The number of benzene rings is 1. The fourth-order valence-electron chi connectivity index (χ4n) is 2.93. The maximum atomic E-state index is 12.2. The van der Waals surface area contributed by atoms with Gasteiger partial charge in [0.15, 0.2) is 16.9 Å². The second kappa shape index (κ2) is 5.60. The van der Waals surface area contributed by atoms with Crippen molar-refractivity contribution < 1.29 is 13.9 Å². The Morgan fingerprint density at radius 1 is 1.23 bits per heavy atom. The van der Waals surface area contributed by atoms with E-state index in [9.17, 15) is 10.1 Å². The molecule has 0 amide bonds. The zero-order valence-electron chi connectivity index (χ0n) is 12.5. The fourth-order valence-corrected chi connectivity index (χ4v) is 2.93. The third-order valence-corrected chi connectivity index (χ3v) is 3.92. The van der Waals surface area contributed by atoms with E-state index in [1.54, 1.807) is 12.1 Å². The second-order valence-electron chi connectivity index (χ2n) is 5.10. The van der Waals surface area contributed by atoms with Gasteiger partial charge in [0.1, 0.15) is 6.07 Å². The molecule has 0 atom stereocenters. The minimum atomic E-state index is -0.650. The first-order chi connectivity index (χ1) is 10.7. The summed E-state index contributed by atoms with van der Waals surface area (Å²) in [6.07, 6.45) is 2.08. The van der Waals surface area contributed by atoms with Crippen LogP contribution in [-0.4, -0.2) is 27.3 Å². The van der Waals surface area contributed by atoms with Crippen molar-refractivity contribution in [2.24, 2.45) is 0 Å². The van der Waals surface area contributed by atoms with Gasteiger partial charge < -0.3 is 18.8 Å². The van der Waals surface area contributed by atoms with Crippen molar-refractivity contribution in [3.8, 4) is 17.6 Å². The van der Waals surface area contributed by atoms with Crippen LogP contribution in [0.15, 0.2) is 21.3 Å². The Labute approximate surface area is 127 Å². The summed E-state index contributed by atoms with van der Waals surface area (Å²) in [7, 11) is 3.01. The molecule has 1 aliphatic heterocycles. The van der Waals surface area contributed by atoms with Crippen LogP contribution in [0.1, 0.15) is 18.4 Å². The summed E-state index contributed by atoms with van der Waals surface area (Å²) in [4.78, 5) is 14.3. The van der Waals surface area contributed by atoms with Gasteiger partial charge in [0.2, 0.25) is 5.75 Å². The number of hydrogen-bond acceptors (Lipinski definition) is 6. The number of nitriles is 1. The minimum Gasteiger partial charge on any atom is -0.493 e. The lowest BCUT2D eigenvalue weighted by atomic mass is 10.1. The van der Waals surface area contributed by atoms with Crippen molar-refractivity contribution in [1.29, 1.82) is 5.26 Å². The molecule has 0 radical (unpaired) electrons. The summed E-state index contributed by atoms with van der Waals surface area (Å²) >= 11 is 0. The van der Waals surface area contributed by atoms with E-state index in [0.29, 0.717) is 28.2 Å². The van der Waals surface area contributed by atoms with Crippen molar-refractivity contribution in [2.75, 3.05) is 32.2 Å². The van der Waals surface area contributed by atoms with Crippen LogP contribution in [0.3, 0.4) is 0 Å². The molecule has 1 fully saturated rings. The average Bonchev–Trinajstić information content (AvgIpc) is 3.06. The quantitative estimate of drug-likeness (QED) is 0.809. The lowest BCUT2D eigenvalue weighted by Crippen LogP contribution is -2.22. The van der Waals surface area contributed by atoms with Crippen LogP contribution in [0.25, 0.3) is 11.0 Å². The van der Waals surface area contributed by atoms with E-state index in [4.69, 9.17) is 13.9 Å². The molecule has 1 aromatic carbocycles. The molecule has 1 aromatic heterocycles. The van der Waals surface area contributed by atoms with Gasteiger partial charge in [-0.15, -0.1) is 0 Å². The predicted molar refractivity (Wildman–Crippen MR) is 81.8 cm³/mol. The topological polar surface area (TPSA) is 75.7 Å². The van der Waals surface area contributed by atoms with Crippen molar-refractivity contribution >= 4 is 16.7 Å². The SMILES string of the molecule is COc1ccc2c(N3CCCC3)c(C#N)c(=O)oc2c1OC. The Morgan fingerprint density at radius 3 is 2.55 bits per heavy atom. The molecule has 1 saturated heterocycles. The highest BCUT2D eigenvalue weighted by Gasteiger charge is 2.25. The zero-order valence-corrected chi connectivity index (χ0v) is 12.5. The van der Waals surface area contributed by atoms with Crippen molar-refractivity contribution in [2.45, 2.75) is 12.8 Å². The van der Waals surface area contributed by atoms with E-state index in [2.05, 4.69) is 4.90 Å². The number of rotatable bonds is 3. The third-order valence-electron chi connectivity index (χ3n) is 3.92. The molecule has 0 saturated carbocycles. The number of ether oxygens (including phenoxy) is 2. The van der Waals surface area contributed by atoms with E-state index in [-0.39, 0.29) is 5.56 Å². The summed E-state index contributed by atoms with van der Waals surface area (Å²) < 4.78 is 15.9. The molecule has 2 aromatic rings. The molecule has 3 rings (SSSR count). The van der Waals surface area contributed by atoms with E-state index < -0.39 is 5.63 Å². The Kier molecular flexibility index (Phi) is 3.63. The van der Waals surface area contributed by atoms with Crippen LogP contribution < -0.4 is 20.0 Å². The Hall–Kier alpha value is -2.68. The van der Waals surface area contributed by atoms with Gasteiger partial charge in [0.05, 0.1) is 19.9 Å². The number of hydrogen-bond donors (Lipinski definition) is 0. The number of anilines is 1. The first-order valence-electron chi connectivity index (χ1n) is 7.08. The van der Waals surface area contributed by atoms with Gasteiger partial charge in [0.25, 0.3) is 0 Å². The van der Waals surface area contributed by atoms with E-state index in [1.807, 2.05) is 6.07 Å². The molecule has 1 aliphatic rings.